The van der Waals surface area contributed by atoms with E-state index in [4.69, 9.17) is 19.8 Å². The molecular weight excluding hydrogens is 348 g/mol. The van der Waals surface area contributed by atoms with E-state index in [1.807, 2.05) is 0 Å². The summed E-state index contributed by atoms with van der Waals surface area (Å²) in [5, 5.41) is 17.3. The quantitative estimate of drug-likeness (QED) is 0.185. The van der Waals surface area contributed by atoms with Crippen molar-refractivity contribution in [2.24, 2.45) is 0 Å². The molecule has 0 aliphatic heterocycles. The van der Waals surface area contributed by atoms with E-state index in [0.29, 0.717) is 13.2 Å². The van der Waals surface area contributed by atoms with Crippen LogP contribution in [0.15, 0.2) is 24.3 Å². The van der Waals surface area contributed by atoms with Crippen molar-refractivity contribution in [3.05, 3.63) is 24.3 Å². The third kappa shape index (κ3) is 18.6. The maximum absolute atomic E-state index is 11.1. The van der Waals surface area contributed by atoms with Gasteiger partial charge in [-0.05, 0) is 25.0 Å². The van der Waals surface area contributed by atoms with Crippen LogP contribution in [0.3, 0.4) is 0 Å². The maximum Gasteiger partial charge on any atom is 0.540 e. The van der Waals surface area contributed by atoms with Gasteiger partial charge in [0.05, 0.1) is 13.2 Å². The molecule has 6 nitrogen and oxygen atoms in total. The Morgan fingerprint density at radius 3 is 1.81 bits per heavy atom. The van der Waals surface area contributed by atoms with Gasteiger partial charge in [0.1, 0.15) is 11.5 Å². The fraction of sp³-hybridized carbons (Fsp3) is 0.667. The first-order valence-corrected chi connectivity index (χ1v) is 10.0. The number of hydrogen-bond donors (Lipinski definition) is 2. The minimum Gasteiger partial charge on any atom is -0.508 e. The minimum atomic E-state index is -0.718. The van der Waals surface area contributed by atoms with E-state index in [-0.39, 0.29) is 11.5 Å². The molecule has 2 N–H and O–H groups in total. The maximum atomic E-state index is 11.1. The molecule has 0 saturated heterocycles. The average Bonchev–Trinajstić information content (AvgIpc) is 2.64. The van der Waals surface area contributed by atoms with Gasteiger partial charge in [0.2, 0.25) is 0 Å². The summed E-state index contributed by atoms with van der Waals surface area (Å²) in [6.07, 6.45) is 10.7. The second-order valence-corrected chi connectivity index (χ2v) is 6.35. The number of benzene rings is 1. The lowest BCUT2D eigenvalue weighted by Gasteiger charge is -2.05. The fourth-order valence-electron chi connectivity index (χ4n) is 2.23. The van der Waals surface area contributed by atoms with Gasteiger partial charge in [0.25, 0.3) is 0 Å². The number of unbranched alkanes of at least 4 members (excludes halogenated alkanes) is 8. The lowest BCUT2D eigenvalue weighted by atomic mass is 10.2. The first-order valence-electron chi connectivity index (χ1n) is 10.0. The van der Waals surface area contributed by atoms with Crippen molar-refractivity contribution in [2.45, 2.75) is 78.1 Å². The third-order valence-corrected chi connectivity index (χ3v) is 3.76. The molecule has 0 amide bonds. The van der Waals surface area contributed by atoms with Crippen LogP contribution in [0.2, 0.25) is 0 Å². The van der Waals surface area contributed by atoms with E-state index in [0.717, 1.165) is 25.7 Å². The number of phenols is 2. The number of phenolic OH excluding ortho intramolecular Hbond substituents is 2. The lowest BCUT2D eigenvalue weighted by Crippen LogP contribution is -2.09. The van der Waals surface area contributed by atoms with Crippen molar-refractivity contribution in [3.8, 4) is 11.5 Å². The van der Waals surface area contributed by atoms with Crippen LogP contribution in [0.25, 0.3) is 0 Å². The molecule has 0 radical (unpaired) electrons. The summed E-state index contributed by atoms with van der Waals surface area (Å²) < 4.78 is 4.88. The Morgan fingerprint density at radius 2 is 1.33 bits per heavy atom. The average molecular weight is 385 g/mol. The Hall–Kier alpha value is -1.95. The molecule has 1 aromatic carbocycles. The van der Waals surface area contributed by atoms with Gasteiger partial charge in [-0.3, -0.25) is 4.89 Å². The van der Waals surface area contributed by atoms with Crippen LogP contribution in [0, 0.1) is 0 Å². The highest BCUT2D eigenvalue weighted by atomic mass is 17.2. The van der Waals surface area contributed by atoms with Crippen molar-refractivity contribution in [1.82, 2.24) is 0 Å². The summed E-state index contributed by atoms with van der Waals surface area (Å²) in [5.41, 5.74) is 0. The molecule has 0 unspecified atom stereocenters. The molecule has 1 rings (SSSR count). The molecule has 0 aliphatic carbocycles. The first-order chi connectivity index (χ1) is 13.1. The molecule has 0 bridgehead atoms. The zero-order valence-electron chi connectivity index (χ0n) is 16.8. The summed E-state index contributed by atoms with van der Waals surface area (Å²) in [7, 11) is 0. The van der Waals surface area contributed by atoms with Gasteiger partial charge < -0.3 is 14.9 Å². The van der Waals surface area contributed by atoms with Crippen LogP contribution < -0.4 is 0 Å². The van der Waals surface area contributed by atoms with Crippen LogP contribution in [0.4, 0.5) is 4.79 Å². The molecule has 0 fully saturated rings. The molecule has 156 valence electrons. The highest BCUT2D eigenvalue weighted by Crippen LogP contribution is 2.14. The predicted octanol–water partition coefficient (Wildman–Crippen LogP) is 6.11. The number of ether oxygens (including phenoxy) is 1. The summed E-state index contributed by atoms with van der Waals surface area (Å²) in [5.74, 6) is 0.176. The van der Waals surface area contributed by atoms with Crippen LogP contribution >= 0.6 is 0 Å². The predicted molar refractivity (Wildman–Crippen MR) is 106 cm³/mol. The van der Waals surface area contributed by atoms with Gasteiger partial charge >= 0.3 is 6.16 Å². The Morgan fingerprint density at radius 1 is 0.815 bits per heavy atom. The standard InChI is InChI=1S/C15H30O4.C6H6O2/c1-3-5-7-9-11-13-17-15(16)19-18-14-12-10-8-6-4-2;7-5-2-1-3-6(8)4-5/h3-14H2,1-2H3;1-4,7-8H. The summed E-state index contributed by atoms with van der Waals surface area (Å²) >= 11 is 0. The number of aromatic hydroxyl groups is 2. The highest BCUT2D eigenvalue weighted by molar-refractivity contribution is 5.58. The molecular formula is C21H36O6. The van der Waals surface area contributed by atoms with Crippen molar-refractivity contribution in [1.29, 1.82) is 0 Å². The van der Waals surface area contributed by atoms with Crippen LogP contribution in [-0.2, 0) is 14.5 Å². The molecule has 0 aliphatic rings. The van der Waals surface area contributed by atoms with Gasteiger partial charge in [-0.1, -0.05) is 71.3 Å². The molecule has 27 heavy (non-hydrogen) atoms. The second-order valence-electron chi connectivity index (χ2n) is 6.35. The number of carbonyl (C=O) groups is 1. The topological polar surface area (TPSA) is 85.2 Å². The van der Waals surface area contributed by atoms with Gasteiger partial charge in [-0.25, -0.2) is 4.79 Å². The van der Waals surface area contributed by atoms with Gasteiger partial charge in [0, 0.05) is 6.07 Å². The Labute approximate surface area is 163 Å². The number of hydrogen-bond acceptors (Lipinski definition) is 6. The fourth-order valence-corrected chi connectivity index (χ4v) is 2.23. The Bertz CT molecular complexity index is 446. The van der Waals surface area contributed by atoms with Crippen molar-refractivity contribution in [3.63, 3.8) is 0 Å². The molecule has 0 saturated carbocycles. The third-order valence-electron chi connectivity index (χ3n) is 3.76. The van der Waals surface area contributed by atoms with E-state index in [9.17, 15) is 4.79 Å². The second kappa shape index (κ2) is 18.8. The molecule has 1 aromatic rings. The van der Waals surface area contributed by atoms with E-state index >= 15 is 0 Å². The molecule has 6 heteroatoms. The summed E-state index contributed by atoms with van der Waals surface area (Å²) in [6.45, 7) is 5.23. The van der Waals surface area contributed by atoms with Gasteiger partial charge in [-0.15, -0.1) is 0 Å². The van der Waals surface area contributed by atoms with E-state index in [1.54, 1.807) is 6.07 Å². The van der Waals surface area contributed by atoms with Crippen molar-refractivity contribution in [2.75, 3.05) is 13.2 Å². The van der Waals surface area contributed by atoms with Gasteiger partial charge in [-0.2, -0.15) is 4.89 Å². The first kappa shape index (κ1) is 25.1. The molecule has 0 aromatic heterocycles. The summed E-state index contributed by atoms with van der Waals surface area (Å²) in [6, 6.07) is 5.85. The van der Waals surface area contributed by atoms with Crippen LogP contribution in [-0.4, -0.2) is 29.6 Å². The zero-order valence-corrected chi connectivity index (χ0v) is 16.8. The smallest absolute Gasteiger partial charge is 0.508 e. The monoisotopic (exact) mass is 384 g/mol. The number of rotatable bonds is 13. The molecule has 0 heterocycles. The Balaban J connectivity index is 0.000000694. The van der Waals surface area contributed by atoms with E-state index in [2.05, 4.69) is 18.7 Å². The largest absolute Gasteiger partial charge is 0.540 e. The van der Waals surface area contributed by atoms with Crippen molar-refractivity contribution < 1.29 is 29.5 Å². The normalized spacial score (nSPS) is 10.0. The van der Waals surface area contributed by atoms with Gasteiger partial charge in [0.15, 0.2) is 0 Å². The van der Waals surface area contributed by atoms with Crippen LogP contribution in [0.1, 0.15) is 78.1 Å². The van der Waals surface area contributed by atoms with E-state index in [1.165, 1.54) is 56.7 Å². The summed E-state index contributed by atoms with van der Waals surface area (Å²) in [4.78, 5) is 20.4. The minimum absolute atomic E-state index is 0.0880. The SMILES string of the molecule is CCCCCCCOOC(=O)OCCCCCCC.Oc1cccc(O)c1. The number of carbonyl (C=O) groups excluding carboxylic acids is 1. The molecule has 0 spiro atoms. The highest BCUT2D eigenvalue weighted by Gasteiger charge is 2.04. The zero-order chi connectivity index (χ0) is 20.2. The Kier molecular flexibility index (Phi) is 17.5. The van der Waals surface area contributed by atoms with Crippen molar-refractivity contribution >= 4 is 6.16 Å². The lowest BCUT2D eigenvalue weighted by molar-refractivity contribution is -0.255. The van der Waals surface area contributed by atoms with Crippen LogP contribution in [0.5, 0.6) is 11.5 Å². The van der Waals surface area contributed by atoms with E-state index < -0.39 is 6.16 Å². The molecule has 0 atom stereocenters.